The van der Waals surface area contributed by atoms with Crippen LogP contribution in [0.25, 0.3) is 0 Å². The second-order valence-electron chi connectivity index (χ2n) is 5.43. The van der Waals surface area contributed by atoms with Gasteiger partial charge in [0.2, 0.25) is 0 Å². The fourth-order valence-corrected chi connectivity index (χ4v) is 3.22. The van der Waals surface area contributed by atoms with Crippen LogP contribution in [0.15, 0.2) is 30.3 Å². The summed E-state index contributed by atoms with van der Waals surface area (Å²) in [5.41, 5.74) is -0.271. The van der Waals surface area contributed by atoms with Crippen molar-refractivity contribution >= 4 is 13.5 Å². The van der Waals surface area contributed by atoms with Gasteiger partial charge in [-0.15, -0.1) is 0 Å². The summed E-state index contributed by atoms with van der Waals surface area (Å²) >= 11 is 0. The molecule has 0 bridgehead atoms. The third-order valence-corrected chi connectivity index (χ3v) is 5.33. The van der Waals surface area contributed by atoms with E-state index in [0.29, 0.717) is 5.75 Å². The molecule has 1 unspecified atom stereocenters. The first kappa shape index (κ1) is 23.9. The van der Waals surface area contributed by atoms with Crippen LogP contribution in [0.3, 0.4) is 0 Å². The summed E-state index contributed by atoms with van der Waals surface area (Å²) in [6, 6.07) is 8.21. The Labute approximate surface area is 141 Å². The highest BCUT2D eigenvalue weighted by molar-refractivity contribution is 7.58. The lowest BCUT2D eigenvalue weighted by Gasteiger charge is -2.26. The van der Waals surface area contributed by atoms with Gasteiger partial charge in [-0.05, 0) is 32.9 Å². The van der Waals surface area contributed by atoms with Gasteiger partial charge in [-0.1, -0.05) is 46.9 Å². The molecule has 1 N–H and O–H groups in total. The van der Waals surface area contributed by atoms with Gasteiger partial charge in [0.25, 0.3) is 0 Å². The van der Waals surface area contributed by atoms with E-state index in [0.717, 1.165) is 0 Å². The molecule has 0 radical (unpaired) electrons. The summed E-state index contributed by atoms with van der Waals surface area (Å²) in [7, 11) is -3.22. The number of hydrogen-bond donors (Lipinski definition) is 1. The van der Waals surface area contributed by atoms with Crippen LogP contribution in [0, 0.1) is 0 Å². The number of nitrogens with one attached hydrogen (secondary N) is 1. The van der Waals surface area contributed by atoms with Crippen molar-refractivity contribution in [1.82, 2.24) is 5.09 Å². The van der Waals surface area contributed by atoms with Crippen LogP contribution in [0.2, 0.25) is 0 Å². The lowest BCUT2D eigenvalue weighted by molar-refractivity contribution is -0.149. The van der Waals surface area contributed by atoms with Crippen LogP contribution < -0.4 is 9.61 Å². The zero-order valence-corrected chi connectivity index (χ0v) is 14.1. The predicted octanol–water partition coefficient (Wildman–Crippen LogP) is 4.87. The minimum absolute atomic E-state index is 0. The van der Waals surface area contributed by atoms with Crippen molar-refractivity contribution in [2.45, 2.75) is 67.3 Å². The minimum Gasteiger partial charge on any atom is -0.462 e. The van der Waals surface area contributed by atoms with E-state index in [-0.39, 0.29) is 26.6 Å². The van der Waals surface area contributed by atoms with Gasteiger partial charge >= 0.3 is 13.5 Å². The van der Waals surface area contributed by atoms with Crippen molar-refractivity contribution < 1.29 is 18.6 Å². The van der Waals surface area contributed by atoms with E-state index in [1.807, 2.05) is 6.07 Å². The monoisotopic (exact) mass is 345 g/mol. The normalized spacial score (nSPS) is 14.2. The molecule has 5 nitrogen and oxygen atoms in total. The first-order chi connectivity index (χ1) is 9.74. The largest absolute Gasteiger partial charge is 0.462 e. The Kier molecular flexibility index (Phi) is 10.9. The molecule has 0 spiro atoms. The molecule has 0 amide bonds. The molecule has 0 fully saturated rings. The van der Waals surface area contributed by atoms with E-state index >= 15 is 0 Å². The molecule has 23 heavy (non-hydrogen) atoms. The van der Waals surface area contributed by atoms with E-state index in [4.69, 9.17) is 9.26 Å². The SMILES string of the molecule is C.C.CC(C)OC(=O)[C@H](C)NP(=O)(Oc1ccccc1)C(C)C. The van der Waals surface area contributed by atoms with Gasteiger partial charge in [0.15, 0.2) is 0 Å². The van der Waals surface area contributed by atoms with Crippen molar-refractivity contribution in [3.63, 3.8) is 0 Å². The fraction of sp³-hybridized carbons (Fsp3) is 0.588. The second-order valence-corrected chi connectivity index (χ2v) is 8.10. The molecule has 0 aliphatic carbocycles. The molecule has 0 aliphatic heterocycles. The lowest BCUT2D eigenvalue weighted by Crippen LogP contribution is -2.37. The topological polar surface area (TPSA) is 64.6 Å². The molecule has 1 aromatic rings. The van der Waals surface area contributed by atoms with Crippen LogP contribution in [0.5, 0.6) is 5.75 Å². The molecule has 0 saturated heterocycles. The van der Waals surface area contributed by atoms with Crippen molar-refractivity contribution in [3.8, 4) is 5.75 Å². The maximum atomic E-state index is 12.9. The average molecular weight is 345 g/mol. The number of ether oxygens (including phenoxy) is 1. The lowest BCUT2D eigenvalue weighted by atomic mass is 10.3. The Hall–Kier alpha value is -1.32. The van der Waals surface area contributed by atoms with E-state index in [9.17, 15) is 9.36 Å². The molecule has 0 heterocycles. The summed E-state index contributed by atoms with van der Waals surface area (Å²) in [6.45, 7) is 8.74. The van der Waals surface area contributed by atoms with Crippen molar-refractivity contribution in [3.05, 3.63) is 30.3 Å². The van der Waals surface area contributed by atoms with Gasteiger partial charge in [0.05, 0.1) is 11.8 Å². The predicted molar refractivity (Wildman–Crippen MR) is 97.1 cm³/mol. The molecule has 0 aliphatic rings. The fourth-order valence-electron chi connectivity index (χ4n) is 1.58. The number of carbonyl (C=O) groups is 1. The summed E-state index contributed by atoms with van der Waals surface area (Å²) in [5, 5.41) is 2.81. The second kappa shape index (κ2) is 10.5. The van der Waals surface area contributed by atoms with Crippen LogP contribution in [0.1, 0.15) is 49.5 Å². The van der Waals surface area contributed by atoms with Crippen LogP contribution in [0.4, 0.5) is 0 Å². The molecule has 2 atom stereocenters. The van der Waals surface area contributed by atoms with E-state index in [1.165, 1.54) is 0 Å². The molecular weight excluding hydrogens is 313 g/mol. The highest BCUT2D eigenvalue weighted by atomic mass is 31.2. The Bertz CT molecular complexity index is 503. The van der Waals surface area contributed by atoms with Crippen molar-refractivity contribution in [1.29, 1.82) is 0 Å². The first-order valence-corrected chi connectivity index (χ1v) is 8.76. The van der Waals surface area contributed by atoms with Crippen LogP contribution in [-0.2, 0) is 14.1 Å². The molecular formula is C17H32NO4P. The first-order valence-electron chi connectivity index (χ1n) is 7.07. The maximum absolute atomic E-state index is 12.9. The third kappa shape index (κ3) is 7.67. The summed E-state index contributed by atoms with van der Waals surface area (Å²) < 4.78 is 23.7. The standard InChI is InChI=1S/C15H24NO4P.2CH4/c1-11(2)19-15(17)13(5)16-21(18,12(3)4)20-14-9-7-6-8-10-14;;/h6-13H,1-5H3,(H,16,18);2*1H4/t13-,21?;;/m0../s1. The van der Waals surface area contributed by atoms with E-state index in [2.05, 4.69) is 5.09 Å². The average Bonchev–Trinajstić information content (AvgIpc) is 2.38. The third-order valence-electron chi connectivity index (χ3n) is 2.74. The summed E-state index contributed by atoms with van der Waals surface area (Å²) in [5.74, 6) is 0.0639. The van der Waals surface area contributed by atoms with Gasteiger partial charge in [-0.3, -0.25) is 9.36 Å². The van der Waals surface area contributed by atoms with Gasteiger partial charge < -0.3 is 9.26 Å². The maximum Gasteiger partial charge on any atom is 0.323 e. The minimum atomic E-state index is -3.22. The zero-order chi connectivity index (χ0) is 16.0. The Morgan fingerprint density at radius 3 is 2.00 bits per heavy atom. The number of para-hydroxylation sites is 1. The van der Waals surface area contributed by atoms with Crippen LogP contribution >= 0.6 is 7.52 Å². The van der Waals surface area contributed by atoms with Crippen molar-refractivity contribution in [2.24, 2.45) is 0 Å². The number of carbonyl (C=O) groups excluding carboxylic acids is 1. The van der Waals surface area contributed by atoms with E-state index in [1.54, 1.807) is 58.9 Å². The molecule has 6 heteroatoms. The number of benzene rings is 1. The van der Waals surface area contributed by atoms with Crippen molar-refractivity contribution in [2.75, 3.05) is 0 Å². The van der Waals surface area contributed by atoms with Crippen LogP contribution in [-0.4, -0.2) is 23.8 Å². The number of hydrogen-bond acceptors (Lipinski definition) is 4. The summed E-state index contributed by atoms with van der Waals surface area (Å²) in [6.07, 6.45) is -0.213. The summed E-state index contributed by atoms with van der Waals surface area (Å²) in [4.78, 5) is 11.8. The number of esters is 1. The Morgan fingerprint density at radius 1 is 1.04 bits per heavy atom. The Balaban J connectivity index is 0. The molecule has 1 rings (SSSR count). The number of rotatable bonds is 7. The quantitative estimate of drug-likeness (QED) is 0.564. The van der Waals surface area contributed by atoms with E-state index < -0.39 is 19.5 Å². The smallest absolute Gasteiger partial charge is 0.323 e. The van der Waals surface area contributed by atoms with Gasteiger partial charge in [0.1, 0.15) is 11.8 Å². The highest BCUT2D eigenvalue weighted by Crippen LogP contribution is 2.48. The van der Waals surface area contributed by atoms with Gasteiger partial charge in [0, 0.05) is 0 Å². The molecule has 1 aromatic carbocycles. The van der Waals surface area contributed by atoms with Gasteiger partial charge in [-0.25, -0.2) is 5.09 Å². The molecule has 0 aromatic heterocycles. The zero-order valence-electron chi connectivity index (χ0n) is 13.2. The van der Waals surface area contributed by atoms with Gasteiger partial charge in [-0.2, -0.15) is 0 Å². The highest BCUT2D eigenvalue weighted by Gasteiger charge is 2.33. The Morgan fingerprint density at radius 2 is 1.57 bits per heavy atom. The molecule has 0 saturated carbocycles. The molecule has 134 valence electrons.